The number of hydrogen-bond acceptors (Lipinski definition) is 15. The number of alkyl halides is 4. The molecule has 2 saturated heterocycles. The first-order chi connectivity index (χ1) is 29.5. The summed E-state index contributed by atoms with van der Waals surface area (Å²) in [5, 5.41) is 20.7. The number of nitrogens with one attached hydrogen (secondary N) is 1. The fraction of sp³-hybridized carbons (Fsp3) is 0.333. The van der Waals surface area contributed by atoms with Crippen LogP contribution in [0.3, 0.4) is 0 Å². The van der Waals surface area contributed by atoms with E-state index >= 15 is 0 Å². The van der Waals surface area contributed by atoms with Gasteiger partial charge in [0.05, 0.1) is 33.0 Å². The third-order valence-corrected chi connectivity index (χ3v) is 10.2. The quantitative estimate of drug-likeness (QED) is 0.0790. The molecule has 3 amide bonds. The van der Waals surface area contributed by atoms with E-state index in [1.807, 2.05) is 0 Å². The summed E-state index contributed by atoms with van der Waals surface area (Å²) >= 11 is 7.86. The maximum Gasteiger partial charge on any atom is 0.326 e. The van der Waals surface area contributed by atoms with E-state index in [9.17, 15) is 35.9 Å². The second kappa shape index (κ2) is 21.7. The smallest absolute Gasteiger partial charge is 0.326 e. The second-order valence-corrected chi connectivity index (χ2v) is 14.5. The third-order valence-electron chi connectivity index (χ3n) is 8.47. The van der Waals surface area contributed by atoms with Gasteiger partial charge < -0.3 is 33.4 Å². The first-order valence-corrected chi connectivity index (χ1v) is 20.1. The Morgan fingerprint density at radius 2 is 1.26 bits per heavy atom. The predicted molar refractivity (Wildman–Crippen MR) is 208 cm³/mol. The molecule has 0 saturated carbocycles. The van der Waals surface area contributed by atoms with Crippen molar-refractivity contribution in [2.24, 2.45) is 0 Å². The van der Waals surface area contributed by atoms with Gasteiger partial charge in [-0.2, -0.15) is 17.6 Å². The lowest BCUT2D eigenvalue weighted by molar-refractivity contribution is 0.0548. The summed E-state index contributed by atoms with van der Waals surface area (Å²) in [4.78, 5) is 36.2. The molecule has 2 aromatic carbocycles. The van der Waals surface area contributed by atoms with E-state index < -0.39 is 36.3 Å². The first kappa shape index (κ1) is 44.9. The molecule has 61 heavy (non-hydrogen) atoms. The van der Waals surface area contributed by atoms with Crippen molar-refractivity contribution in [2.75, 3.05) is 62.8 Å². The van der Waals surface area contributed by atoms with Crippen LogP contribution < -0.4 is 10.2 Å². The fourth-order valence-corrected chi connectivity index (χ4v) is 6.73. The molecule has 8 rings (SSSR count). The molecule has 4 aromatic heterocycles. The van der Waals surface area contributed by atoms with Crippen LogP contribution in [0.2, 0.25) is 0 Å². The minimum atomic E-state index is -2.91. The lowest BCUT2D eigenvalue weighted by Crippen LogP contribution is -2.48. The molecule has 2 aliphatic heterocycles. The van der Waals surface area contributed by atoms with Crippen LogP contribution in [0.25, 0.3) is 22.9 Å². The zero-order chi connectivity index (χ0) is 43.3. The van der Waals surface area contributed by atoms with Crippen LogP contribution in [0.5, 0.6) is 0 Å². The zero-order valence-corrected chi connectivity index (χ0v) is 33.8. The Kier molecular flexibility index (Phi) is 16.0. The number of amides is 3. The summed E-state index contributed by atoms with van der Waals surface area (Å²) in [6.07, 6.45) is -2.56. The number of hydrogen-bond donors (Lipinski definition) is 1. The lowest BCUT2D eigenvalue weighted by atomic mass is 10.1. The molecule has 1 N–H and O–H groups in total. The summed E-state index contributed by atoms with van der Waals surface area (Å²) in [5.41, 5.74) is 1.04. The van der Waals surface area contributed by atoms with Crippen LogP contribution in [-0.2, 0) is 22.6 Å². The van der Waals surface area contributed by atoms with E-state index in [0.29, 0.717) is 68.4 Å². The van der Waals surface area contributed by atoms with Crippen molar-refractivity contribution in [3.05, 3.63) is 94.1 Å². The number of aromatic nitrogens is 6. The van der Waals surface area contributed by atoms with Gasteiger partial charge in [-0.1, -0.05) is 12.1 Å². The Morgan fingerprint density at radius 3 is 1.70 bits per heavy atom. The van der Waals surface area contributed by atoms with E-state index in [1.54, 1.807) is 33.0 Å². The Balaban J connectivity index is 0.000000175. The Morgan fingerprint density at radius 1 is 0.738 bits per heavy atom. The molecule has 2 aliphatic rings. The van der Waals surface area contributed by atoms with Crippen molar-refractivity contribution in [1.82, 2.24) is 40.2 Å². The molecule has 0 radical (unpaired) electrons. The highest BCUT2D eigenvalue weighted by Crippen LogP contribution is 2.28. The van der Waals surface area contributed by atoms with Crippen LogP contribution >= 0.6 is 34.3 Å². The number of nitrogens with zero attached hydrogens (tertiary/aromatic N) is 9. The number of carbonyl (C=O) groups excluding carboxylic acids is 2. The number of morpholine rings is 2. The number of carbonyl (C=O) groups is 2. The summed E-state index contributed by atoms with van der Waals surface area (Å²) in [7, 11) is 0. The van der Waals surface area contributed by atoms with Crippen molar-refractivity contribution in [3.8, 4) is 22.9 Å². The Hall–Kier alpha value is -5.69. The topological polar surface area (TPSA) is 178 Å². The van der Waals surface area contributed by atoms with Gasteiger partial charge in [0.25, 0.3) is 11.8 Å². The molecule has 6 aromatic rings. The van der Waals surface area contributed by atoms with E-state index in [2.05, 4.69) is 35.7 Å². The maximum atomic E-state index is 14.8. The van der Waals surface area contributed by atoms with Crippen molar-refractivity contribution >= 4 is 55.9 Å². The van der Waals surface area contributed by atoms with Gasteiger partial charge >= 0.3 is 24.2 Å². The van der Waals surface area contributed by atoms with Gasteiger partial charge in [-0.3, -0.25) is 9.69 Å². The molecule has 324 valence electrons. The SMILES string of the molecule is Fc1cc(-c2nnc(C(F)F)o2)ccc1CNc1nccs1.O=C(Cl)N1CCOCC1.O=C(N1CCOCC1)N(Cc1ccc(-c2nnc(C(F)F)o2)cc1F)c1nccs1. The lowest BCUT2D eigenvalue weighted by Gasteiger charge is -2.31. The summed E-state index contributed by atoms with van der Waals surface area (Å²) in [6, 6.07) is 7.96. The largest absolute Gasteiger partial charge is 0.415 e. The molecule has 0 bridgehead atoms. The second-order valence-electron chi connectivity index (χ2n) is 12.4. The highest BCUT2D eigenvalue weighted by atomic mass is 35.5. The number of thiazole rings is 2. The molecule has 25 heteroatoms. The van der Waals surface area contributed by atoms with E-state index in [0.717, 1.165) is 6.07 Å². The van der Waals surface area contributed by atoms with Crippen molar-refractivity contribution in [2.45, 2.75) is 25.9 Å². The first-order valence-electron chi connectivity index (χ1n) is 18.0. The fourth-order valence-electron chi connectivity index (χ4n) is 5.39. The molecule has 6 heterocycles. The molecular formula is C36H33ClF6N10O6S2. The Bertz CT molecular complexity index is 2310. The van der Waals surface area contributed by atoms with Crippen LogP contribution in [-0.4, -0.2) is 104 Å². The molecule has 0 aliphatic carbocycles. The average Bonchev–Trinajstić information content (AvgIpc) is 4.13. The zero-order valence-electron chi connectivity index (χ0n) is 31.4. The highest BCUT2D eigenvalue weighted by Gasteiger charge is 2.27. The van der Waals surface area contributed by atoms with Crippen molar-refractivity contribution in [1.29, 1.82) is 0 Å². The number of rotatable bonds is 10. The number of urea groups is 1. The molecular weight excluding hydrogens is 882 g/mol. The summed E-state index contributed by atoms with van der Waals surface area (Å²) in [5.74, 6) is -3.12. The highest BCUT2D eigenvalue weighted by molar-refractivity contribution is 7.14. The van der Waals surface area contributed by atoms with E-state index in [-0.39, 0.29) is 53.0 Å². The third kappa shape index (κ3) is 12.4. The monoisotopic (exact) mass is 914 g/mol. The predicted octanol–water partition coefficient (Wildman–Crippen LogP) is 8.29. The van der Waals surface area contributed by atoms with Crippen LogP contribution in [0.15, 0.2) is 68.4 Å². The molecule has 0 unspecified atom stereocenters. The van der Waals surface area contributed by atoms with E-state index in [4.69, 9.17) is 29.9 Å². The van der Waals surface area contributed by atoms with Gasteiger partial charge in [0.2, 0.25) is 11.8 Å². The number of benzene rings is 2. The number of anilines is 2. The number of halogens is 7. The Labute approximate surface area is 355 Å². The number of ether oxygens (including phenoxy) is 2. The van der Waals surface area contributed by atoms with Gasteiger partial charge in [-0.25, -0.2) is 23.5 Å². The van der Waals surface area contributed by atoms with Crippen LogP contribution in [0, 0.1) is 11.6 Å². The summed E-state index contributed by atoms with van der Waals surface area (Å²) < 4.78 is 98.8. The van der Waals surface area contributed by atoms with E-state index in [1.165, 1.54) is 57.9 Å². The van der Waals surface area contributed by atoms with Crippen LogP contribution in [0.1, 0.15) is 35.8 Å². The van der Waals surface area contributed by atoms with Gasteiger partial charge in [-0.05, 0) is 35.9 Å². The van der Waals surface area contributed by atoms with Gasteiger partial charge in [-0.15, -0.1) is 43.1 Å². The van der Waals surface area contributed by atoms with Gasteiger partial charge in [0, 0.05) is 78.1 Å². The summed E-state index contributed by atoms with van der Waals surface area (Å²) in [6.45, 7) is 4.42. The van der Waals surface area contributed by atoms with Crippen molar-refractivity contribution in [3.63, 3.8) is 0 Å². The molecule has 0 spiro atoms. The average molecular weight is 915 g/mol. The molecule has 2 fully saturated rings. The maximum absolute atomic E-state index is 14.8. The van der Waals surface area contributed by atoms with Gasteiger partial charge in [0.15, 0.2) is 10.3 Å². The van der Waals surface area contributed by atoms with Crippen LogP contribution in [0.4, 0.5) is 46.2 Å². The molecule has 0 atom stereocenters. The normalized spacial score (nSPS) is 14.0. The standard InChI is InChI=1S/C18H16F3N5O3S.C13H9F3N4OS.C5H8ClNO2/c19-13-9-11(15-23-24-16(29-15)14(20)21)1-2-12(13)10-26(17-22-3-8-30-17)18(27)25-4-6-28-7-5-25;14-9-5-7(11-19-20-12(21-11)10(15)16)1-2-8(9)6-18-13-17-3-4-22-13;6-5(8)7-1-3-9-4-2-7/h1-3,8-9,14H,4-7,10H2;1-5,10H,6H2,(H,17,18);1-4H2. The molecule has 16 nitrogen and oxygen atoms in total. The minimum Gasteiger partial charge on any atom is -0.415 e. The van der Waals surface area contributed by atoms with Gasteiger partial charge in [0.1, 0.15) is 11.6 Å². The minimum absolute atomic E-state index is 0.0536. The van der Waals surface area contributed by atoms with Crippen molar-refractivity contribution < 1.29 is 54.2 Å².